The molecular formula is C17H23N3O4. The number of anilines is 1. The summed E-state index contributed by atoms with van der Waals surface area (Å²) in [6.07, 6.45) is 0.0976. The van der Waals surface area contributed by atoms with Crippen molar-refractivity contribution in [1.29, 1.82) is 0 Å². The molecule has 2 N–H and O–H groups in total. The Hall–Kier alpha value is -2.28. The third kappa shape index (κ3) is 3.17. The van der Waals surface area contributed by atoms with Crippen molar-refractivity contribution < 1.29 is 19.1 Å². The second-order valence-electron chi connectivity index (χ2n) is 7.04. The highest BCUT2D eigenvalue weighted by Gasteiger charge is 2.37. The number of hydrazine groups is 1. The third-order valence-electron chi connectivity index (χ3n) is 3.99. The second kappa shape index (κ2) is 5.98. The van der Waals surface area contributed by atoms with E-state index in [2.05, 4.69) is 0 Å². The topological polar surface area (TPSA) is 85.1 Å². The minimum Gasteiger partial charge on any atom is -0.456 e. The predicted octanol–water partition coefficient (Wildman–Crippen LogP) is 1.70. The molecular weight excluding hydrogens is 310 g/mol. The molecule has 2 heterocycles. The van der Waals surface area contributed by atoms with E-state index in [1.807, 2.05) is 37.9 Å². The summed E-state index contributed by atoms with van der Waals surface area (Å²) in [6.45, 7) is 6.94. The molecule has 130 valence electrons. The van der Waals surface area contributed by atoms with Gasteiger partial charge in [0.2, 0.25) is 0 Å². The van der Waals surface area contributed by atoms with Gasteiger partial charge < -0.3 is 15.2 Å². The summed E-state index contributed by atoms with van der Waals surface area (Å²) in [7, 11) is 0. The summed E-state index contributed by atoms with van der Waals surface area (Å²) in [6, 6.07) is 5.42. The van der Waals surface area contributed by atoms with Crippen LogP contribution in [0.2, 0.25) is 0 Å². The van der Waals surface area contributed by atoms with Gasteiger partial charge in [0.25, 0.3) is 0 Å². The zero-order valence-electron chi connectivity index (χ0n) is 14.2. The lowest BCUT2D eigenvalue weighted by Gasteiger charge is -2.28. The highest BCUT2D eigenvalue weighted by atomic mass is 16.6. The summed E-state index contributed by atoms with van der Waals surface area (Å²) in [5.74, 6) is -0.340. The first kappa shape index (κ1) is 16.6. The maximum absolute atomic E-state index is 12.2. The van der Waals surface area contributed by atoms with Crippen LogP contribution in [-0.2, 0) is 15.9 Å². The number of esters is 1. The lowest BCUT2D eigenvalue weighted by molar-refractivity contribution is 0.00693. The Morgan fingerprint density at radius 1 is 1.38 bits per heavy atom. The van der Waals surface area contributed by atoms with Crippen LogP contribution in [-0.4, -0.2) is 48.4 Å². The SMILES string of the molecule is CC(C)(C)OC(=O)c1ccc2c(c1)CCN2N1CC(CN)OC1=O. The lowest BCUT2D eigenvalue weighted by Crippen LogP contribution is -2.43. The number of ether oxygens (including phenoxy) is 2. The zero-order valence-corrected chi connectivity index (χ0v) is 14.2. The quantitative estimate of drug-likeness (QED) is 0.848. The van der Waals surface area contributed by atoms with Crippen LogP contribution < -0.4 is 10.7 Å². The van der Waals surface area contributed by atoms with Crippen LogP contribution >= 0.6 is 0 Å². The third-order valence-corrected chi connectivity index (χ3v) is 3.99. The van der Waals surface area contributed by atoms with Crippen LogP contribution in [0, 0.1) is 0 Å². The minimum absolute atomic E-state index is 0.275. The van der Waals surface area contributed by atoms with Crippen molar-refractivity contribution in [3.8, 4) is 0 Å². The van der Waals surface area contributed by atoms with Gasteiger partial charge in [-0.15, -0.1) is 0 Å². The van der Waals surface area contributed by atoms with Gasteiger partial charge in [-0.25, -0.2) is 14.6 Å². The monoisotopic (exact) mass is 333 g/mol. The van der Waals surface area contributed by atoms with Gasteiger partial charge in [0.1, 0.15) is 11.7 Å². The largest absolute Gasteiger partial charge is 0.456 e. The van der Waals surface area contributed by atoms with E-state index in [0.717, 1.165) is 17.7 Å². The average Bonchev–Trinajstić information content (AvgIpc) is 3.07. The molecule has 1 aromatic carbocycles. The van der Waals surface area contributed by atoms with Gasteiger partial charge in [0.05, 0.1) is 17.8 Å². The van der Waals surface area contributed by atoms with Crippen LogP contribution in [0.25, 0.3) is 0 Å². The summed E-state index contributed by atoms with van der Waals surface area (Å²) >= 11 is 0. The molecule has 2 aliphatic heterocycles. The number of amides is 1. The van der Waals surface area contributed by atoms with Crippen molar-refractivity contribution in [3.63, 3.8) is 0 Å². The predicted molar refractivity (Wildman–Crippen MR) is 88.7 cm³/mol. The van der Waals surface area contributed by atoms with E-state index in [1.54, 1.807) is 11.1 Å². The van der Waals surface area contributed by atoms with Crippen molar-refractivity contribution in [1.82, 2.24) is 5.01 Å². The van der Waals surface area contributed by atoms with Crippen molar-refractivity contribution in [2.45, 2.75) is 38.9 Å². The van der Waals surface area contributed by atoms with E-state index in [4.69, 9.17) is 15.2 Å². The Morgan fingerprint density at radius 2 is 2.12 bits per heavy atom. The van der Waals surface area contributed by atoms with Crippen molar-refractivity contribution in [2.24, 2.45) is 5.73 Å². The molecule has 24 heavy (non-hydrogen) atoms. The molecule has 1 fully saturated rings. The van der Waals surface area contributed by atoms with Crippen molar-refractivity contribution >= 4 is 17.7 Å². The Bertz CT molecular complexity index is 668. The van der Waals surface area contributed by atoms with Gasteiger partial charge in [-0.05, 0) is 51.0 Å². The summed E-state index contributed by atoms with van der Waals surface area (Å²) in [4.78, 5) is 24.2. The summed E-state index contributed by atoms with van der Waals surface area (Å²) < 4.78 is 10.6. The van der Waals surface area contributed by atoms with Crippen LogP contribution in [0.5, 0.6) is 0 Å². The maximum atomic E-state index is 12.2. The van der Waals surface area contributed by atoms with Gasteiger partial charge in [-0.1, -0.05) is 0 Å². The highest BCUT2D eigenvalue weighted by molar-refractivity contribution is 5.91. The molecule has 1 aromatic rings. The maximum Gasteiger partial charge on any atom is 0.429 e. The first-order valence-corrected chi connectivity index (χ1v) is 8.10. The van der Waals surface area contributed by atoms with Gasteiger partial charge in [0, 0.05) is 13.1 Å². The fourth-order valence-corrected chi connectivity index (χ4v) is 2.93. The number of benzene rings is 1. The number of rotatable bonds is 3. The van der Waals surface area contributed by atoms with Gasteiger partial charge in [0.15, 0.2) is 0 Å². The van der Waals surface area contributed by atoms with E-state index < -0.39 is 5.60 Å². The Kier molecular flexibility index (Phi) is 4.13. The van der Waals surface area contributed by atoms with E-state index in [1.165, 1.54) is 0 Å². The van der Waals surface area contributed by atoms with Gasteiger partial charge >= 0.3 is 12.1 Å². The standard InChI is InChI=1S/C17H23N3O4/c1-17(2,3)24-15(21)12-4-5-14-11(8-12)6-7-19(14)20-10-13(9-18)23-16(20)22/h4-5,8,13H,6-7,9-10,18H2,1-3H3. The van der Waals surface area contributed by atoms with Crippen LogP contribution in [0.4, 0.5) is 10.5 Å². The molecule has 0 radical (unpaired) electrons. The molecule has 0 aromatic heterocycles. The van der Waals surface area contributed by atoms with Crippen molar-refractivity contribution in [2.75, 3.05) is 24.6 Å². The van der Waals surface area contributed by atoms with Gasteiger partial charge in [-0.2, -0.15) is 0 Å². The molecule has 1 saturated heterocycles. The first-order chi connectivity index (χ1) is 11.3. The first-order valence-electron chi connectivity index (χ1n) is 8.10. The Labute approximate surface area is 141 Å². The Morgan fingerprint density at radius 3 is 2.75 bits per heavy atom. The molecule has 2 aliphatic rings. The molecule has 0 bridgehead atoms. The summed E-state index contributed by atoms with van der Waals surface area (Å²) in [5.41, 5.74) is 7.50. The number of hydrogen-bond acceptors (Lipinski definition) is 6. The van der Waals surface area contributed by atoms with E-state index >= 15 is 0 Å². The second-order valence-corrected chi connectivity index (χ2v) is 7.04. The van der Waals surface area contributed by atoms with E-state index in [-0.39, 0.29) is 18.2 Å². The number of hydrogen-bond donors (Lipinski definition) is 1. The molecule has 1 unspecified atom stereocenters. The fourth-order valence-electron chi connectivity index (χ4n) is 2.93. The lowest BCUT2D eigenvalue weighted by atomic mass is 10.1. The number of fused-ring (bicyclic) bond motifs is 1. The zero-order chi connectivity index (χ0) is 17.5. The normalized spacial score (nSPS) is 20.2. The molecule has 7 heteroatoms. The highest BCUT2D eigenvalue weighted by Crippen LogP contribution is 2.32. The summed E-state index contributed by atoms with van der Waals surface area (Å²) in [5, 5.41) is 3.47. The average molecular weight is 333 g/mol. The van der Waals surface area contributed by atoms with Crippen LogP contribution in [0.3, 0.4) is 0 Å². The molecule has 1 amide bonds. The molecule has 0 aliphatic carbocycles. The molecule has 7 nitrogen and oxygen atoms in total. The molecule has 1 atom stereocenters. The molecule has 0 spiro atoms. The van der Waals surface area contributed by atoms with E-state index in [0.29, 0.717) is 25.2 Å². The van der Waals surface area contributed by atoms with E-state index in [9.17, 15) is 9.59 Å². The number of carbonyl (C=O) groups is 2. The Balaban J connectivity index is 1.79. The van der Waals surface area contributed by atoms with Gasteiger partial charge in [-0.3, -0.25) is 5.01 Å². The molecule has 0 saturated carbocycles. The van der Waals surface area contributed by atoms with Crippen LogP contribution in [0.1, 0.15) is 36.7 Å². The van der Waals surface area contributed by atoms with Crippen LogP contribution in [0.15, 0.2) is 18.2 Å². The number of nitrogens with two attached hydrogens (primary N) is 1. The number of nitrogens with zero attached hydrogens (tertiary/aromatic N) is 2. The smallest absolute Gasteiger partial charge is 0.429 e. The minimum atomic E-state index is -0.529. The van der Waals surface area contributed by atoms with Crippen molar-refractivity contribution in [3.05, 3.63) is 29.3 Å². The number of carbonyl (C=O) groups excluding carboxylic acids is 2. The molecule has 3 rings (SSSR count). The number of cyclic esters (lactones) is 1. The fraction of sp³-hybridized carbons (Fsp3) is 0.529.